The number of nitriles is 1. The minimum absolute atomic E-state index is 0.248. The molecule has 1 aromatic heterocycles. The molecule has 0 aliphatic heterocycles. The van der Waals surface area contributed by atoms with Gasteiger partial charge in [-0.05, 0) is 13.3 Å². The van der Waals surface area contributed by atoms with Crippen LogP contribution in [0.2, 0.25) is 0 Å². The van der Waals surface area contributed by atoms with Gasteiger partial charge in [0.2, 0.25) is 0 Å². The third kappa shape index (κ3) is 2.56. The predicted molar refractivity (Wildman–Crippen MR) is 57.6 cm³/mol. The molecule has 0 aromatic carbocycles. The van der Waals surface area contributed by atoms with E-state index >= 15 is 0 Å². The summed E-state index contributed by atoms with van der Waals surface area (Å²) in [5, 5.41) is 15.8. The highest BCUT2D eigenvalue weighted by atomic mass is 16.1. The zero-order valence-corrected chi connectivity index (χ0v) is 8.90. The molecule has 1 rings (SSSR count). The first-order chi connectivity index (χ1) is 7.22. The second kappa shape index (κ2) is 5.15. The van der Waals surface area contributed by atoms with E-state index in [-0.39, 0.29) is 5.56 Å². The van der Waals surface area contributed by atoms with Crippen molar-refractivity contribution in [1.29, 1.82) is 5.26 Å². The van der Waals surface area contributed by atoms with Gasteiger partial charge in [-0.25, -0.2) is 4.68 Å². The molecule has 15 heavy (non-hydrogen) atoms. The summed E-state index contributed by atoms with van der Waals surface area (Å²) in [4.78, 5) is 11.6. The summed E-state index contributed by atoms with van der Waals surface area (Å²) < 4.78 is 1.21. The summed E-state index contributed by atoms with van der Waals surface area (Å²) in [6, 6.07) is 3.02. The van der Waals surface area contributed by atoms with Gasteiger partial charge in [-0.2, -0.15) is 10.4 Å². The highest BCUT2D eigenvalue weighted by molar-refractivity contribution is 5.38. The van der Waals surface area contributed by atoms with Crippen molar-refractivity contribution in [2.75, 3.05) is 11.9 Å². The van der Waals surface area contributed by atoms with Gasteiger partial charge in [-0.15, -0.1) is 0 Å². The third-order valence-corrected chi connectivity index (χ3v) is 2.04. The summed E-state index contributed by atoms with van der Waals surface area (Å²) in [7, 11) is 0. The molecule has 1 atom stereocenters. The van der Waals surface area contributed by atoms with Crippen LogP contribution in [0.1, 0.15) is 26.3 Å². The van der Waals surface area contributed by atoms with E-state index in [0.717, 1.165) is 6.54 Å². The topological polar surface area (TPSA) is 70.7 Å². The van der Waals surface area contributed by atoms with E-state index in [1.807, 2.05) is 19.9 Å². The molecule has 0 fully saturated rings. The lowest BCUT2D eigenvalue weighted by Gasteiger charge is -2.09. The van der Waals surface area contributed by atoms with E-state index in [2.05, 4.69) is 10.4 Å². The Bertz CT molecular complexity index is 418. The van der Waals surface area contributed by atoms with Crippen molar-refractivity contribution >= 4 is 5.69 Å². The molecule has 0 saturated carbocycles. The third-order valence-electron chi connectivity index (χ3n) is 2.04. The zero-order chi connectivity index (χ0) is 11.3. The lowest BCUT2D eigenvalue weighted by Crippen LogP contribution is -2.26. The molecule has 0 aliphatic rings. The van der Waals surface area contributed by atoms with Crippen LogP contribution >= 0.6 is 0 Å². The van der Waals surface area contributed by atoms with Crippen molar-refractivity contribution in [1.82, 2.24) is 9.78 Å². The van der Waals surface area contributed by atoms with Crippen LogP contribution in [-0.2, 0) is 0 Å². The Morgan fingerprint density at radius 1 is 1.67 bits per heavy atom. The standard InChI is InChI=1S/C10H14N4O/c1-3-9(6-11)14-10(15)5-8(7-13-14)12-4-2/h5,7,9,12H,3-4H2,1-2H3. The van der Waals surface area contributed by atoms with E-state index in [1.165, 1.54) is 10.7 Å². The zero-order valence-electron chi connectivity index (χ0n) is 8.90. The van der Waals surface area contributed by atoms with Gasteiger partial charge in [-0.3, -0.25) is 4.79 Å². The Hall–Kier alpha value is -1.83. The fourth-order valence-electron chi connectivity index (χ4n) is 1.27. The SMILES string of the molecule is CCNc1cnn(C(C#N)CC)c(=O)c1. The predicted octanol–water partition coefficient (Wildman–Crippen LogP) is 1.15. The number of hydrogen-bond donors (Lipinski definition) is 1. The molecule has 0 amide bonds. The molecule has 80 valence electrons. The van der Waals surface area contributed by atoms with Crippen molar-refractivity contribution < 1.29 is 0 Å². The Morgan fingerprint density at radius 2 is 2.40 bits per heavy atom. The second-order valence-corrected chi connectivity index (χ2v) is 3.11. The van der Waals surface area contributed by atoms with Gasteiger partial charge in [0, 0.05) is 12.6 Å². The highest BCUT2D eigenvalue weighted by Crippen LogP contribution is 2.06. The maximum Gasteiger partial charge on any atom is 0.270 e. The van der Waals surface area contributed by atoms with Crippen LogP contribution in [0, 0.1) is 11.3 Å². The number of aromatic nitrogens is 2. The molecule has 0 spiro atoms. The summed E-state index contributed by atoms with van der Waals surface area (Å²) >= 11 is 0. The Morgan fingerprint density at radius 3 is 2.87 bits per heavy atom. The fraction of sp³-hybridized carbons (Fsp3) is 0.500. The van der Waals surface area contributed by atoms with Gasteiger partial charge in [0.1, 0.15) is 6.04 Å². The highest BCUT2D eigenvalue weighted by Gasteiger charge is 2.09. The molecule has 0 saturated heterocycles. The lowest BCUT2D eigenvalue weighted by atomic mass is 10.2. The van der Waals surface area contributed by atoms with E-state index < -0.39 is 6.04 Å². The first-order valence-electron chi connectivity index (χ1n) is 4.95. The molecular weight excluding hydrogens is 192 g/mol. The van der Waals surface area contributed by atoms with Gasteiger partial charge in [0.05, 0.1) is 18.0 Å². The van der Waals surface area contributed by atoms with E-state index in [0.29, 0.717) is 12.1 Å². The number of anilines is 1. The van der Waals surface area contributed by atoms with Gasteiger partial charge >= 0.3 is 0 Å². The van der Waals surface area contributed by atoms with Crippen LogP contribution in [0.5, 0.6) is 0 Å². The number of hydrogen-bond acceptors (Lipinski definition) is 4. The quantitative estimate of drug-likeness (QED) is 0.802. The van der Waals surface area contributed by atoms with Crippen molar-refractivity contribution in [2.45, 2.75) is 26.3 Å². The molecule has 1 N–H and O–H groups in total. The smallest absolute Gasteiger partial charge is 0.270 e. The summed E-state index contributed by atoms with van der Waals surface area (Å²) in [5.41, 5.74) is 0.438. The second-order valence-electron chi connectivity index (χ2n) is 3.11. The molecule has 0 aliphatic carbocycles. The molecule has 5 nitrogen and oxygen atoms in total. The van der Waals surface area contributed by atoms with Gasteiger partial charge in [0.15, 0.2) is 0 Å². The molecule has 5 heteroatoms. The van der Waals surface area contributed by atoms with Crippen LogP contribution in [0.4, 0.5) is 5.69 Å². The number of nitrogens with one attached hydrogen (secondary N) is 1. The average molecular weight is 206 g/mol. The van der Waals surface area contributed by atoms with E-state index in [9.17, 15) is 4.79 Å². The minimum Gasteiger partial charge on any atom is -0.384 e. The van der Waals surface area contributed by atoms with Gasteiger partial charge < -0.3 is 5.32 Å². The minimum atomic E-state index is -0.479. The van der Waals surface area contributed by atoms with Crippen LogP contribution in [0.15, 0.2) is 17.1 Å². The maximum absolute atomic E-state index is 11.6. The monoisotopic (exact) mass is 206 g/mol. The van der Waals surface area contributed by atoms with Crippen molar-refractivity contribution in [3.63, 3.8) is 0 Å². The first-order valence-corrected chi connectivity index (χ1v) is 4.95. The summed E-state index contributed by atoms with van der Waals surface area (Å²) in [6.07, 6.45) is 2.13. The number of nitrogens with zero attached hydrogens (tertiary/aromatic N) is 3. The molecule has 0 bridgehead atoms. The maximum atomic E-state index is 11.6. The molecule has 1 heterocycles. The summed E-state index contributed by atoms with van der Waals surface area (Å²) in [5.74, 6) is 0. The first kappa shape index (κ1) is 11.2. The van der Waals surface area contributed by atoms with Crippen LogP contribution in [-0.4, -0.2) is 16.3 Å². The lowest BCUT2D eigenvalue weighted by molar-refractivity contribution is 0.506. The Kier molecular flexibility index (Phi) is 3.86. The summed E-state index contributed by atoms with van der Waals surface area (Å²) in [6.45, 7) is 4.52. The van der Waals surface area contributed by atoms with Gasteiger partial charge in [-0.1, -0.05) is 6.92 Å². The number of rotatable bonds is 4. The van der Waals surface area contributed by atoms with E-state index in [1.54, 1.807) is 6.20 Å². The molecule has 1 aromatic rings. The molecular formula is C10H14N4O. The average Bonchev–Trinajstić information content (AvgIpc) is 2.23. The largest absolute Gasteiger partial charge is 0.384 e. The Balaban J connectivity index is 3.03. The van der Waals surface area contributed by atoms with E-state index in [4.69, 9.17) is 5.26 Å². The molecule has 0 radical (unpaired) electrons. The van der Waals surface area contributed by atoms with Gasteiger partial charge in [0.25, 0.3) is 5.56 Å². The van der Waals surface area contributed by atoms with Crippen molar-refractivity contribution in [3.05, 3.63) is 22.6 Å². The Labute approximate surface area is 88.3 Å². The van der Waals surface area contributed by atoms with Crippen LogP contribution in [0.25, 0.3) is 0 Å². The van der Waals surface area contributed by atoms with Crippen LogP contribution < -0.4 is 10.9 Å². The van der Waals surface area contributed by atoms with Crippen molar-refractivity contribution in [2.24, 2.45) is 0 Å². The van der Waals surface area contributed by atoms with Crippen LogP contribution in [0.3, 0.4) is 0 Å². The fourth-order valence-corrected chi connectivity index (χ4v) is 1.27. The van der Waals surface area contributed by atoms with Crippen molar-refractivity contribution in [3.8, 4) is 6.07 Å². The normalized spacial score (nSPS) is 11.8. The molecule has 1 unspecified atom stereocenters.